The van der Waals surface area contributed by atoms with Gasteiger partial charge in [0.15, 0.2) is 0 Å². The molecule has 0 unspecified atom stereocenters. The molecule has 0 radical (unpaired) electrons. The van der Waals surface area contributed by atoms with Crippen molar-refractivity contribution in [2.75, 3.05) is 26.2 Å². The summed E-state index contributed by atoms with van der Waals surface area (Å²) in [6, 6.07) is 17.0. The number of halogens is 1. The molecule has 1 saturated heterocycles. The highest BCUT2D eigenvalue weighted by atomic mass is 35.5. The number of hydrogen-bond acceptors (Lipinski definition) is 3. The highest BCUT2D eigenvalue weighted by molar-refractivity contribution is 5.98. The molecule has 156 valence electrons. The Hall–Kier alpha value is -2.37. The first kappa shape index (κ1) is 22.9. The highest BCUT2D eigenvalue weighted by Crippen LogP contribution is 2.27. The molecule has 0 bridgehead atoms. The van der Waals surface area contributed by atoms with Crippen molar-refractivity contribution in [3.05, 3.63) is 71.3 Å². The van der Waals surface area contributed by atoms with Gasteiger partial charge in [0.2, 0.25) is 0 Å². The van der Waals surface area contributed by atoms with Crippen molar-refractivity contribution in [3.63, 3.8) is 0 Å². The lowest BCUT2D eigenvalue weighted by atomic mass is 9.95. The molecule has 1 fully saturated rings. The number of nitrogens with zero attached hydrogens (tertiary/aromatic N) is 2. The van der Waals surface area contributed by atoms with E-state index < -0.39 is 0 Å². The Bertz CT molecular complexity index is 811. The van der Waals surface area contributed by atoms with Gasteiger partial charge in [-0.2, -0.15) is 0 Å². The smallest absolute Gasteiger partial charge is 0.253 e. The number of carbonyl (C=O) groups is 2. The topological polar surface area (TPSA) is 66.6 Å². The van der Waals surface area contributed by atoms with Gasteiger partial charge in [-0.25, -0.2) is 0 Å². The zero-order chi connectivity index (χ0) is 20.1. The molecule has 29 heavy (non-hydrogen) atoms. The van der Waals surface area contributed by atoms with E-state index in [0.717, 1.165) is 13.0 Å². The fraction of sp³-hybridized carbons (Fsp3) is 0.391. The van der Waals surface area contributed by atoms with E-state index in [4.69, 9.17) is 5.73 Å². The first-order valence-corrected chi connectivity index (χ1v) is 10.0. The zero-order valence-corrected chi connectivity index (χ0v) is 17.9. The van der Waals surface area contributed by atoms with Crippen molar-refractivity contribution < 1.29 is 9.59 Å². The Kier molecular flexibility index (Phi) is 8.23. The minimum Gasteiger partial charge on any atom is -0.339 e. The largest absolute Gasteiger partial charge is 0.339 e. The van der Waals surface area contributed by atoms with Crippen LogP contribution >= 0.6 is 12.4 Å². The van der Waals surface area contributed by atoms with Crippen molar-refractivity contribution in [1.82, 2.24) is 9.80 Å². The Labute approximate surface area is 179 Å². The molecule has 2 aromatic carbocycles. The standard InChI is InChI=1S/C23H29N3O2.ClH/c1-3-14-25(4-2)22(27)18-10-12-19(13-11-18)23(28)26-15-20(21(24)16-26)17-8-6-5-7-9-17;/h5-13,20-21H,3-4,14-16,24H2,1-2H3;1H/t20-,21+;/m0./s1. The summed E-state index contributed by atoms with van der Waals surface area (Å²) in [5.41, 5.74) is 8.69. The minimum absolute atomic E-state index is 0. The average Bonchev–Trinajstić information content (AvgIpc) is 3.13. The zero-order valence-electron chi connectivity index (χ0n) is 17.1. The van der Waals surface area contributed by atoms with Gasteiger partial charge in [-0.15, -0.1) is 12.4 Å². The van der Waals surface area contributed by atoms with Crippen LogP contribution in [0.5, 0.6) is 0 Å². The second kappa shape index (κ2) is 10.4. The number of hydrogen-bond donors (Lipinski definition) is 1. The van der Waals surface area contributed by atoms with Crippen LogP contribution in [0.25, 0.3) is 0 Å². The molecule has 1 aliphatic heterocycles. The molecule has 0 spiro atoms. The van der Waals surface area contributed by atoms with E-state index >= 15 is 0 Å². The summed E-state index contributed by atoms with van der Waals surface area (Å²) >= 11 is 0. The van der Waals surface area contributed by atoms with Crippen LogP contribution in [0.4, 0.5) is 0 Å². The predicted molar refractivity (Wildman–Crippen MR) is 119 cm³/mol. The number of benzene rings is 2. The lowest BCUT2D eigenvalue weighted by Crippen LogP contribution is -2.32. The summed E-state index contributed by atoms with van der Waals surface area (Å²) in [7, 11) is 0. The fourth-order valence-corrected chi connectivity index (χ4v) is 3.84. The maximum Gasteiger partial charge on any atom is 0.253 e. The van der Waals surface area contributed by atoms with Crippen LogP contribution in [-0.4, -0.2) is 53.8 Å². The summed E-state index contributed by atoms with van der Waals surface area (Å²) in [6.45, 7) is 6.61. The second-order valence-electron chi connectivity index (χ2n) is 7.35. The van der Waals surface area contributed by atoms with Gasteiger partial charge < -0.3 is 15.5 Å². The van der Waals surface area contributed by atoms with Gasteiger partial charge in [0.05, 0.1) is 0 Å². The molecule has 2 N–H and O–H groups in total. The molecule has 1 aliphatic rings. The molecule has 2 aromatic rings. The van der Waals surface area contributed by atoms with Crippen molar-refractivity contribution >= 4 is 24.2 Å². The quantitative estimate of drug-likeness (QED) is 0.784. The lowest BCUT2D eigenvalue weighted by molar-refractivity contribution is 0.0759. The van der Waals surface area contributed by atoms with E-state index in [9.17, 15) is 9.59 Å². The molecule has 1 heterocycles. The van der Waals surface area contributed by atoms with Crippen LogP contribution in [0.1, 0.15) is 52.5 Å². The monoisotopic (exact) mass is 415 g/mol. The second-order valence-corrected chi connectivity index (χ2v) is 7.35. The van der Waals surface area contributed by atoms with Gasteiger partial charge in [-0.3, -0.25) is 9.59 Å². The first-order valence-electron chi connectivity index (χ1n) is 10.0. The first-order chi connectivity index (χ1) is 13.5. The van der Waals surface area contributed by atoms with Crippen LogP contribution in [0.2, 0.25) is 0 Å². The summed E-state index contributed by atoms with van der Waals surface area (Å²) in [4.78, 5) is 29.1. The van der Waals surface area contributed by atoms with E-state index in [0.29, 0.717) is 30.8 Å². The third kappa shape index (κ3) is 5.17. The summed E-state index contributed by atoms with van der Waals surface area (Å²) in [5.74, 6) is 0.127. The molecular weight excluding hydrogens is 386 g/mol. The van der Waals surface area contributed by atoms with Gasteiger partial charge in [0.1, 0.15) is 0 Å². The van der Waals surface area contributed by atoms with Gasteiger partial charge in [-0.1, -0.05) is 37.3 Å². The molecule has 6 heteroatoms. The summed E-state index contributed by atoms with van der Waals surface area (Å²) in [5, 5.41) is 0. The third-order valence-electron chi connectivity index (χ3n) is 5.42. The van der Waals surface area contributed by atoms with Crippen LogP contribution in [0.3, 0.4) is 0 Å². The molecule has 0 aromatic heterocycles. The molecule has 0 aliphatic carbocycles. The van der Waals surface area contributed by atoms with Gasteiger partial charge in [0.25, 0.3) is 11.8 Å². The van der Waals surface area contributed by atoms with E-state index in [1.807, 2.05) is 34.9 Å². The average molecular weight is 416 g/mol. The van der Waals surface area contributed by atoms with E-state index in [1.165, 1.54) is 5.56 Å². The number of likely N-dealkylation sites (tertiary alicyclic amines) is 1. The fourth-order valence-electron chi connectivity index (χ4n) is 3.84. The summed E-state index contributed by atoms with van der Waals surface area (Å²) < 4.78 is 0. The Morgan fingerprint density at radius 2 is 1.62 bits per heavy atom. The molecule has 5 nitrogen and oxygen atoms in total. The number of rotatable bonds is 6. The van der Waals surface area contributed by atoms with Gasteiger partial charge in [-0.05, 0) is 43.2 Å². The van der Waals surface area contributed by atoms with Gasteiger partial charge >= 0.3 is 0 Å². The molecule has 2 amide bonds. The van der Waals surface area contributed by atoms with Gasteiger partial charge in [0, 0.05) is 49.3 Å². The Morgan fingerprint density at radius 1 is 1.00 bits per heavy atom. The molecule has 2 atom stereocenters. The van der Waals surface area contributed by atoms with Crippen LogP contribution in [0, 0.1) is 0 Å². The normalized spacial score (nSPS) is 18.2. The van der Waals surface area contributed by atoms with Crippen LogP contribution in [0.15, 0.2) is 54.6 Å². The van der Waals surface area contributed by atoms with Crippen molar-refractivity contribution in [2.45, 2.75) is 32.2 Å². The van der Waals surface area contributed by atoms with E-state index in [-0.39, 0.29) is 36.2 Å². The number of nitrogens with two attached hydrogens (primary N) is 1. The lowest BCUT2D eigenvalue weighted by Gasteiger charge is -2.20. The maximum absolute atomic E-state index is 12.9. The van der Waals surface area contributed by atoms with E-state index in [2.05, 4.69) is 19.1 Å². The van der Waals surface area contributed by atoms with Crippen molar-refractivity contribution in [1.29, 1.82) is 0 Å². The van der Waals surface area contributed by atoms with Crippen LogP contribution < -0.4 is 5.73 Å². The maximum atomic E-state index is 12.9. The number of amides is 2. The van der Waals surface area contributed by atoms with Crippen LogP contribution in [-0.2, 0) is 0 Å². The van der Waals surface area contributed by atoms with Crippen molar-refractivity contribution in [2.24, 2.45) is 5.73 Å². The predicted octanol–water partition coefficient (Wildman–Crippen LogP) is 3.55. The molecular formula is C23H30ClN3O2. The van der Waals surface area contributed by atoms with E-state index in [1.54, 1.807) is 24.3 Å². The summed E-state index contributed by atoms with van der Waals surface area (Å²) in [6.07, 6.45) is 0.925. The molecule has 0 saturated carbocycles. The Morgan fingerprint density at radius 3 is 2.21 bits per heavy atom. The highest BCUT2D eigenvalue weighted by Gasteiger charge is 2.34. The van der Waals surface area contributed by atoms with Crippen molar-refractivity contribution in [3.8, 4) is 0 Å². The molecule has 3 rings (SSSR count). The number of carbonyl (C=O) groups excluding carboxylic acids is 2. The Balaban J connectivity index is 0.00000300. The SMILES string of the molecule is CCCN(CC)C(=O)c1ccc(C(=O)N2C[C@@H](N)[C@H](c3ccccc3)C2)cc1.Cl. The minimum atomic E-state index is -0.0700. The third-order valence-corrected chi connectivity index (χ3v) is 5.42.